The molecule has 1 unspecified atom stereocenters. The van der Waals surface area contributed by atoms with E-state index in [1.165, 1.54) is 87.7 Å². The molecule has 4 aromatic carbocycles. The van der Waals surface area contributed by atoms with Gasteiger partial charge < -0.3 is 0 Å². The molecule has 0 saturated heterocycles. The summed E-state index contributed by atoms with van der Waals surface area (Å²) in [6.07, 6.45) is 5.14. The number of nitrogens with zero attached hydrogens (tertiary/aromatic N) is 2. The first-order chi connectivity index (χ1) is 19.0. The van der Waals surface area contributed by atoms with Gasteiger partial charge in [0.1, 0.15) is 11.4 Å². The minimum atomic E-state index is -0.183. The van der Waals surface area contributed by atoms with Gasteiger partial charge in [0.05, 0.1) is 11.0 Å². The van der Waals surface area contributed by atoms with Gasteiger partial charge in [-0.2, -0.15) is 9.13 Å². The molecule has 1 aliphatic heterocycles. The third-order valence-corrected chi connectivity index (χ3v) is 9.53. The zero-order chi connectivity index (χ0) is 26.7. The molecule has 0 amide bonds. The smallest absolute Gasteiger partial charge is 0.192 e. The predicted molar refractivity (Wildman–Crippen MR) is 160 cm³/mol. The van der Waals surface area contributed by atoms with Crippen molar-refractivity contribution in [2.45, 2.75) is 58.8 Å². The third kappa shape index (κ3) is 3.30. The van der Waals surface area contributed by atoms with Crippen LogP contribution in [0.4, 0.5) is 0 Å². The van der Waals surface area contributed by atoms with E-state index in [0.29, 0.717) is 5.92 Å². The van der Waals surface area contributed by atoms with Crippen LogP contribution in [0.2, 0.25) is 0 Å². The maximum atomic E-state index is 2.65. The highest BCUT2D eigenvalue weighted by molar-refractivity contribution is 5.70. The van der Waals surface area contributed by atoms with Gasteiger partial charge in [-0.05, 0) is 73.9 Å². The second kappa shape index (κ2) is 9.09. The highest BCUT2D eigenvalue weighted by Gasteiger charge is 2.58. The van der Waals surface area contributed by atoms with Gasteiger partial charge in [0.25, 0.3) is 5.82 Å². The van der Waals surface area contributed by atoms with Crippen molar-refractivity contribution in [1.29, 1.82) is 0 Å². The number of aromatic nitrogens is 2. The van der Waals surface area contributed by atoms with Gasteiger partial charge >= 0.3 is 0 Å². The molecule has 194 valence electrons. The molecule has 39 heavy (non-hydrogen) atoms. The standard InChI is InChI=1S/C37H37N2/c1-25-15-8-12-23-32(25)38-28(4)35-37(30-20-9-10-21-30,29-18-6-5-7-19-29)31-22-11-13-24-33(31)39(35)36(38)34-26(2)16-14-17-27(34)3/h5-8,11-19,22-24,30H,9-10,20-21H2,1-4H3/q+1. The normalized spacial score (nSPS) is 18.4. The number of rotatable bonds is 4. The highest BCUT2D eigenvalue weighted by atomic mass is 15.2. The first-order valence-corrected chi connectivity index (χ1v) is 14.5. The molecule has 1 atom stereocenters. The molecule has 2 heteroatoms. The molecule has 1 aliphatic carbocycles. The molecule has 0 spiro atoms. The van der Waals surface area contributed by atoms with E-state index >= 15 is 0 Å². The minimum absolute atomic E-state index is 0.183. The second-order valence-corrected chi connectivity index (χ2v) is 11.7. The summed E-state index contributed by atoms with van der Waals surface area (Å²) in [7, 11) is 0. The Kier molecular flexibility index (Phi) is 5.63. The molecule has 5 aromatic rings. The molecule has 1 fully saturated rings. The Labute approximate surface area is 232 Å². The first kappa shape index (κ1) is 24.2. The van der Waals surface area contributed by atoms with E-state index in [1.54, 1.807) is 0 Å². The zero-order valence-electron chi connectivity index (χ0n) is 23.5. The van der Waals surface area contributed by atoms with Crippen LogP contribution in [0.25, 0.3) is 22.8 Å². The van der Waals surface area contributed by atoms with Crippen LogP contribution in [-0.2, 0) is 5.41 Å². The monoisotopic (exact) mass is 509 g/mol. The molecule has 0 radical (unpaired) electrons. The number of imidazole rings is 1. The Morgan fingerprint density at radius 3 is 2.00 bits per heavy atom. The van der Waals surface area contributed by atoms with E-state index in [-0.39, 0.29) is 5.41 Å². The topological polar surface area (TPSA) is 8.81 Å². The van der Waals surface area contributed by atoms with E-state index < -0.39 is 0 Å². The number of benzene rings is 4. The Bertz CT molecular complexity index is 1680. The molecule has 0 N–H and O–H groups in total. The van der Waals surface area contributed by atoms with Crippen molar-refractivity contribution in [2.75, 3.05) is 0 Å². The fourth-order valence-corrected chi connectivity index (χ4v) is 7.96. The van der Waals surface area contributed by atoms with Gasteiger partial charge in [0.15, 0.2) is 11.4 Å². The van der Waals surface area contributed by atoms with Crippen molar-refractivity contribution in [2.24, 2.45) is 5.92 Å². The molecular formula is C37H37N2+. The van der Waals surface area contributed by atoms with Gasteiger partial charge in [0, 0.05) is 12.5 Å². The fourth-order valence-electron chi connectivity index (χ4n) is 7.96. The maximum Gasteiger partial charge on any atom is 0.300 e. The Morgan fingerprint density at radius 1 is 0.667 bits per heavy atom. The Hall–Kier alpha value is -3.91. The summed E-state index contributed by atoms with van der Waals surface area (Å²) in [5.41, 5.74) is 13.3. The van der Waals surface area contributed by atoms with Crippen LogP contribution in [-0.4, -0.2) is 4.57 Å². The summed E-state index contributed by atoms with van der Waals surface area (Å²) < 4.78 is 5.22. The minimum Gasteiger partial charge on any atom is -0.192 e. The van der Waals surface area contributed by atoms with Gasteiger partial charge in [0.2, 0.25) is 0 Å². The molecule has 2 nitrogen and oxygen atoms in total. The van der Waals surface area contributed by atoms with Crippen LogP contribution >= 0.6 is 0 Å². The molecule has 1 aromatic heterocycles. The summed E-state index contributed by atoms with van der Waals surface area (Å²) >= 11 is 0. The lowest BCUT2D eigenvalue weighted by atomic mass is 9.63. The van der Waals surface area contributed by atoms with E-state index in [9.17, 15) is 0 Å². The highest BCUT2D eigenvalue weighted by Crippen LogP contribution is 2.56. The van der Waals surface area contributed by atoms with Crippen LogP contribution in [0.3, 0.4) is 0 Å². The van der Waals surface area contributed by atoms with Gasteiger partial charge in [-0.15, -0.1) is 0 Å². The zero-order valence-corrected chi connectivity index (χ0v) is 23.5. The molecule has 2 aliphatic rings. The van der Waals surface area contributed by atoms with Crippen molar-refractivity contribution in [1.82, 2.24) is 4.57 Å². The molecule has 7 rings (SSSR count). The summed E-state index contributed by atoms with van der Waals surface area (Å²) in [6, 6.07) is 36.2. The number of para-hydroxylation sites is 2. The summed E-state index contributed by atoms with van der Waals surface area (Å²) in [6.45, 7) is 9.15. The molecule has 0 bridgehead atoms. The molecule has 1 saturated carbocycles. The van der Waals surface area contributed by atoms with E-state index in [2.05, 4.69) is 134 Å². The van der Waals surface area contributed by atoms with Crippen molar-refractivity contribution in [3.05, 3.63) is 136 Å². The van der Waals surface area contributed by atoms with Crippen molar-refractivity contribution in [3.8, 4) is 22.8 Å². The van der Waals surface area contributed by atoms with Crippen molar-refractivity contribution in [3.63, 3.8) is 0 Å². The van der Waals surface area contributed by atoms with Gasteiger partial charge in [-0.3, -0.25) is 0 Å². The largest absolute Gasteiger partial charge is 0.300 e. The van der Waals surface area contributed by atoms with E-state index in [0.717, 1.165) is 0 Å². The van der Waals surface area contributed by atoms with Gasteiger partial charge in [-0.25, -0.2) is 0 Å². The number of hydrogen-bond acceptors (Lipinski definition) is 0. The summed E-state index contributed by atoms with van der Waals surface area (Å²) in [5.74, 6) is 1.84. The van der Waals surface area contributed by atoms with Crippen LogP contribution in [0.5, 0.6) is 0 Å². The van der Waals surface area contributed by atoms with E-state index in [1.807, 2.05) is 0 Å². The second-order valence-electron chi connectivity index (χ2n) is 11.7. The maximum absolute atomic E-state index is 2.65. The molecular weight excluding hydrogens is 472 g/mol. The first-order valence-electron chi connectivity index (χ1n) is 14.5. The average molecular weight is 510 g/mol. The molecule has 2 heterocycles. The Balaban J connectivity index is 1.71. The SMILES string of the molecule is Cc1ccccc1-n1c(C)c2[n+](c1-c1c(C)cccc1C)-c1ccccc1C2(c1ccccc1)C1CCCC1. The summed E-state index contributed by atoms with van der Waals surface area (Å²) in [5, 5.41) is 0. The Morgan fingerprint density at radius 2 is 1.28 bits per heavy atom. The quantitative estimate of drug-likeness (QED) is 0.215. The van der Waals surface area contributed by atoms with Gasteiger partial charge in [-0.1, -0.05) is 97.8 Å². The number of aryl methyl sites for hydroxylation is 3. The predicted octanol–water partition coefficient (Wildman–Crippen LogP) is 8.49. The van der Waals surface area contributed by atoms with Crippen LogP contribution in [0.1, 0.15) is 64.9 Å². The third-order valence-electron chi connectivity index (χ3n) is 9.53. The van der Waals surface area contributed by atoms with Crippen LogP contribution in [0, 0.1) is 33.6 Å². The average Bonchev–Trinajstić information content (AvgIpc) is 3.66. The summed E-state index contributed by atoms with van der Waals surface area (Å²) in [4.78, 5) is 0. The lowest BCUT2D eigenvalue weighted by Crippen LogP contribution is -2.40. The number of hydrogen-bond donors (Lipinski definition) is 0. The van der Waals surface area contributed by atoms with E-state index in [4.69, 9.17) is 0 Å². The van der Waals surface area contributed by atoms with Crippen molar-refractivity contribution >= 4 is 0 Å². The number of fused-ring (bicyclic) bond motifs is 3. The van der Waals surface area contributed by atoms with Crippen LogP contribution < -0.4 is 4.57 Å². The lowest BCUT2D eigenvalue weighted by Gasteiger charge is -2.35. The van der Waals surface area contributed by atoms with Crippen LogP contribution in [0.15, 0.2) is 97.1 Å². The lowest BCUT2D eigenvalue weighted by molar-refractivity contribution is -0.587. The van der Waals surface area contributed by atoms with Crippen molar-refractivity contribution < 1.29 is 4.57 Å². The fraction of sp³-hybridized carbons (Fsp3) is 0.270.